The molecule has 1 aromatic carbocycles. The quantitative estimate of drug-likeness (QED) is 0.367. The van der Waals surface area contributed by atoms with Crippen LogP contribution in [0, 0.1) is 0 Å². The molecule has 0 aliphatic rings. The number of aliphatic imine (C=N–C) groups is 1. The minimum Gasteiger partial charge on any atom is -0.386 e. The summed E-state index contributed by atoms with van der Waals surface area (Å²) in [5, 5.41) is -0.158. The predicted molar refractivity (Wildman–Crippen MR) is 78.4 cm³/mol. The second-order valence-corrected chi connectivity index (χ2v) is 4.52. The summed E-state index contributed by atoms with van der Waals surface area (Å²) in [6, 6.07) is 10.5. The van der Waals surface area contributed by atoms with E-state index in [2.05, 4.69) is 29.3 Å². The van der Waals surface area contributed by atoms with Gasteiger partial charge >= 0.3 is 0 Å². The number of nitrogens with zero attached hydrogens (tertiary/aromatic N) is 1. The highest BCUT2D eigenvalue weighted by molar-refractivity contribution is 6.31. The first-order valence-corrected chi connectivity index (χ1v) is 6.11. The summed E-state index contributed by atoms with van der Waals surface area (Å²) in [4.78, 5) is 4.22. The van der Waals surface area contributed by atoms with Crippen molar-refractivity contribution in [3.63, 3.8) is 0 Å². The normalized spacial score (nSPS) is 12.9. The van der Waals surface area contributed by atoms with Crippen molar-refractivity contribution in [1.82, 2.24) is 0 Å². The standard InChI is InChI=1S/C13H19ClN2.ClH/c1-11(14)13(15)16-10-6-5-9-12-7-3-2-4-8-12;/h2-4,7-8,11H,5-6,9-10H2,1H3,(H2,15,16);1H. The zero-order chi connectivity index (χ0) is 11.8. The van der Waals surface area contributed by atoms with E-state index < -0.39 is 0 Å². The van der Waals surface area contributed by atoms with Crippen molar-refractivity contribution in [2.45, 2.75) is 31.6 Å². The van der Waals surface area contributed by atoms with Crippen LogP contribution >= 0.6 is 24.0 Å². The van der Waals surface area contributed by atoms with Crippen LogP contribution in [0.2, 0.25) is 0 Å². The molecule has 96 valence electrons. The predicted octanol–water partition coefficient (Wildman–Crippen LogP) is 3.42. The van der Waals surface area contributed by atoms with Crippen molar-refractivity contribution in [3.05, 3.63) is 35.9 Å². The summed E-state index contributed by atoms with van der Waals surface area (Å²) in [7, 11) is 0. The lowest BCUT2D eigenvalue weighted by Gasteiger charge is -2.02. The first-order chi connectivity index (χ1) is 7.70. The van der Waals surface area contributed by atoms with Gasteiger partial charge in [0.2, 0.25) is 0 Å². The lowest BCUT2D eigenvalue weighted by molar-refractivity contribution is 0.744. The van der Waals surface area contributed by atoms with Crippen LogP contribution in [0.1, 0.15) is 25.3 Å². The van der Waals surface area contributed by atoms with Crippen molar-refractivity contribution in [2.75, 3.05) is 6.54 Å². The summed E-state index contributed by atoms with van der Waals surface area (Å²) in [6.45, 7) is 2.61. The fourth-order valence-electron chi connectivity index (χ4n) is 1.42. The number of unbranched alkanes of at least 4 members (excludes halogenated alkanes) is 1. The molecular formula is C13H20Cl2N2. The first kappa shape index (κ1) is 16.3. The summed E-state index contributed by atoms with van der Waals surface area (Å²) in [5.74, 6) is 0.543. The van der Waals surface area contributed by atoms with E-state index in [1.807, 2.05) is 13.0 Å². The smallest absolute Gasteiger partial charge is 0.112 e. The summed E-state index contributed by atoms with van der Waals surface area (Å²) in [5.41, 5.74) is 7.01. The Morgan fingerprint density at radius 3 is 2.53 bits per heavy atom. The molecule has 0 spiro atoms. The molecule has 0 radical (unpaired) electrons. The van der Waals surface area contributed by atoms with Gasteiger partial charge in [0.15, 0.2) is 0 Å². The number of rotatable bonds is 6. The highest BCUT2D eigenvalue weighted by Gasteiger charge is 1.99. The molecule has 2 nitrogen and oxygen atoms in total. The third-order valence-electron chi connectivity index (χ3n) is 2.42. The van der Waals surface area contributed by atoms with Crippen LogP contribution < -0.4 is 5.73 Å². The van der Waals surface area contributed by atoms with E-state index in [9.17, 15) is 0 Å². The minimum absolute atomic E-state index is 0. The van der Waals surface area contributed by atoms with Gasteiger partial charge in [-0.2, -0.15) is 0 Å². The van der Waals surface area contributed by atoms with Crippen LogP contribution in [0.3, 0.4) is 0 Å². The Morgan fingerprint density at radius 1 is 1.29 bits per heavy atom. The largest absolute Gasteiger partial charge is 0.386 e. The van der Waals surface area contributed by atoms with E-state index in [1.165, 1.54) is 5.56 Å². The van der Waals surface area contributed by atoms with E-state index in [1.54, 1.807) is 0 Å². The van der Waals surface area contributed by atoms with E-state index in [0.29, 0.717) is 5.84 Å². The van der Waals surface area contributed by atoms with Gasteiger partial charge < -0.3 is 5.73 Å². The minimum atomic E-state index is -0.158. The van der Waals surface area contributed by atoms with Crippen LogP contribution in [-0.2, 0) is 6.42 Å². The summed E-state index contributed by atoms with van der Waals surface area (Å²) in [6.07, 6.45) is 3.29. The number of amidine groups is 1. The second kappa shape index (κ2) is 9.32. The summed E-state index contributed by atoms with van der Waals surface area (Å²) >= 11 is 5.78. The summed E-state index contributed by atoms with van der Waals surface area (Å²) < 4.78 is 0. The van der Waals surface area contributed by atoms with Gasteiger partial charge in [-0.15, -0.1) is 24.0 Å². The third kappa shape index (κ3) is 7.24. The Bertz CT molecular complexity index is 323. The molecule has 0 heterocycles. The average Bonchev–Trinajstić information content (AvgIpc) is 2.29. The third-order valence-corrected chi connectivity index (χ3v) is 2.64. The van der Waals surface area contributed by atoms with Gasteiger partial charge in [-0.05, 0) is 31.7 Å². The van der Waals surface area contributed by atoms with Gasteiger partial charge in [0.25, 0.3) is 0 Å². The molecule has 0 aliphatic carbocycles. The number of alkyl halides is 1. The van der Waals surface area contributed by atoms with E-state index in [4.69, 9.17) is 17.3 Å². The monoisotopic (exact) mass is 274 g/mol. The molecule has 0 fully saturated rings. The maximum absolute atomic E-state index is 5.78. The molecule has 0 aromatic heterocycles. The van der Waals surface area contributed by atoms with Crippen molar-refractivity contribution < 1.29 is 0 Å². The van der Waals surface area contributed by atoms with Crippen molar-refractivity contribution >= 4 is 29.8 Å². The maximum Gasteiger partial charge on any atom is 0.112 e. The number of nitrogens with two attached hydrogens (primary N) is 1. The Morgan fingerprint density at radius 2 is 1.94 bits per heavy atom. The molecule has 4 heteroatoms. The van der Waals surface area contributed by atoms with Gasteiger partial charge in [0, 0.05) is 6.54 Å². The van der Waals surface area contributed by atoms with E-state index >= 15 is 0 Å². The molecule has 1 atom stereocenters. The van der Waals surface area contributed by atoms with Crippen molar-refractivity contribution in [3.8, 4) is 0 Å². The topological polar surface area (TPSA) is 38.4 Å². The number of aryl methyl sites for hydroxylation is 1. The second-order valence-electron chi connectivity index (χ2n) is 3.87. The van der Waals surface area contributed by atoms with Gasteiger partial charge in [0.1, 0.15) is 5.84 Å². The van der Waals surface area contributed by atoms with Crippen LogP contribution in [0.4, 0.5) is 0 Å². The Kier molecular flexibility index (Phi) is 8.92. The zero-order valence-electron chi connectivity index (χ0n) is 10.1. The highest BCUT2D eigenvalue weighted by atomic mass is 35.5. The number of benzene rings is 1. The van der Waals surface area contributed by atoms with Gasteiger partial charge in [-0.25, -0.2) is 0 Å². The van der Waals surface area contributed by atoms with E-state index in [0.717, 1.165) is 25.8 Å². The molecule has 0 amide bonds. The first-order valence-electron chi connectivity index (χ1n) is 5.68. The molecule has 0 saturated carbocycles. The fourth-order valence-corrected chi connectivity index (χ4v) is 1.49. The lowest BCUT2D eigenvalue weighted by atomic mass is 10.1. The number of halogens is 2. The van der Waals surface area contributed by atoms with Crippen LogP contribution in [0.5, 0.6) is 0 Å². The van der Waals surface area contributed by atoms with Crippen LogP contribution in [-0.4, -0.2) is 17.8 Å². The lowest BCUT2D eigenvalue weighted by Crippen LogP contribution is -2.21. The molecule has 0 saturated heterocycles. The van der Waals surface area contributed by atoms with Gasteiger partial charge in [-0.3, -0.25) is 4.99 Å². The molecule has 17 heavy (non-hydrogen) atoms. The fraction of sp³-hybridized carbons (Fsp3) is 0.462. The van der Waals surface area contributed by atoms with Crippen LogP contribution in [0.25, 0.3) is 0 Å². The maximum atomic E-state index is 5.78. The Hall–Kier alpha value is -0.730. The average molecular weight is 275 g/mol. The van der Waals surface area contributed by atoms with Gasteiger partial charge in [0.05, 0.1) is 5.38 Å². The Labute approximate surface area is 115 Å². The molecule has 1 rings (SSSR count). The van der Waals surface area contributed by atoms with Crippen molar-refractivity contribution in [2.24, 2.45) is 10.7 Å². The highest BCUT2D eigenvalue weighted by Crippen LogP contribution is 2.04. The van der Waals surface area contributed by atoms with E-state index in [-0.39, 0.29) is 17.8 Å². The molecule has 1 aromatic rings. The molecular weight excluding hydrogens is 255 g/mol. The zero-order valence-corrected chi connectivity index (χ0v) is 11.7. The SMILES string of the molecule is CC(Cl)C(N)=NCCCCc1ccccc1.Cl. The van der Waals surface area contributed by atoms with Crippen LogP contribution in [0.15, 0.2) is 35.3 Å². The van der Waals surface area contributed by atoms with Gasteiger partial charge in [-0.1, -0.05) is 30.3 Å². The molecule has 0 aliphatic heterocycles. The molecule has 1 unspecified atom stereocenters. The number of hydrogen-bond donors (Lipinski definition) is 1. The molecule has 0 bridgehead atoms. The number of hydrogen-bond acceptors (Lipinski definition) is 1. The molecule has 2 N–H and O–H groups in total. The van der Waals surface area contributed by atoms with Crippen molar-refractivity contribution in [1.29, 1.82) is 0 Å². The Balaban J connectivity index is 0.00000256.